The van der Waals surface area contributed by atoms with E-state index >= 15 is 0 Å². The van der Waals surface area contributed by atoms with E-state index in [9.17, 15) is 10.1 Å². The van der Waals surface area contributed by atoms with Crippen molar-refractivity contribution >= 4 is 23.2 Å². The quantitative estimate of drug-likeness (QED) is 0.682. The van der Waals surface area contributed by atoms with Gasteiger partial charge in [-0.05, 0) is 69.5 Å². The van der Waals surface area contributed by atoms with E-state index < -0.39 is 0 Å². The molecule has 0 atom stereocenters. The van der Waals surface area contributed by atoms with Crippen molar-refractivity contribution < 1.29 is 4.79 Å². The minimum atomic E-state index is -0.363. The number of nitriles is 1. The molecule has 0 fully saturated rings. The molecule has 0 unspecified atom stereocenters. The lowest BCUT2D eigenvalue weighted by atomic mass is 9.86. The van der Waals surface area contributed by atoms with Gasteiger partial charge in [0.1, 0.15) is 11.6 Å². The molecule has 0 aliphatic carbocycles. The SMILES string of the molecule is CCN1c2cc(C)c(/C=C(/C#N)C(=O)NC)cc2C(C)=CC1(C)C. The van der Waals surface area contributed by atoms with Crippen molar-refractivity contribution in [1.29, 1.82) is 5.26 Å². The first-order valence-electron chi connectivity index (χ1n) is 8.21. The van der Waals surface area contributed by atoms with E-state index in [1.54, 1.807) is 6.08 Å². The van der Waals surface area contributed by atoms with Gasteiger partial charge in [0, 0.05) is 24.8 Å². The number of carbonyl (C=O) groups is 1. The van der Waals surface area contributed by atoms with Gasteiger partial charge < -0.3 is 10.2 Å². The Labute approximate surface area is 144 Å². The maximum atomic E-state index is 11.8. The van der Waals surface area contributed by atoms with Gasteiger partial charge in [0.25, 0.3) is 5.91 Å². The summed E-state index contributed by atoms with van der Waals surface area (Å²) in [5.41, 5.74) is 5.61. The fourth-order valence-electron chi connectivity index (χ4n) is 3.42. The van der Waals surface area contributed by atoms with E-state index in [-0.39, 0.29) is 17.0 Å². The van der Waals surface area contributed by atoms with Crippen molar-refractivity contribution in [3.8, 4) is 6.07 Å². The summed E-state index contributed by atoms with van der Waals surface area (Å²) in [7, 11) is 1.53. The van der Waals surface area contributed by atoms with E-state index in [1.807, 2.05) is 13.0 Å². The predicted octanol–water partition coefficient (Wildman–Crippen LogP) is 3.67. The summed E-state index contributed by atoms with van der Waals surface area (Å²) >= 11 is 0. The highest BCUT2D eigenvalue weighted by atomic mass is 16.1. The number of allylic oxidation sites excluding steroid dienone is 1. The molecule has 0 spiro atoms. The molecule has 0 saturated carbocycles. The molecule has 1 aliphatic heterocycles. The van der Waals surface area contributed by atoms with Crippen molar-refractivity contribution in [3.05, 3.63) is 40.5 Å². The third-order valence-corrected chi connectivity index (χ3v) is 4.57. The van der Waals surface area contributed by atoms with Crippen LogP contribution in [0.4, 0.5) is 5.69 Å². The fourth-order valence-corrected chi connectivity index (χ4v) is 3.42. The number of amides is 1. The summed E-state index contributed by atoms with van der Waals surface area (Å²) < 4.78 is 0. The number of benzene rings is 1. The minimum Gasteiger partial charge on any atom is -0.363 e. The zero-order valence-corrected chi connectivity index (χ0v) is 15.3. The highest BCUT2D eigenvalue weighted by Gasteiger charge is 2.30. The van der Waals surface area contributed by atoms with Crippen LogP contribution in [0.15, 0.2) is 23.8 Å². The Hall–Kier alpha value is -2.54. The zero-order valence-electron chi connectivity index (χ0n) is 15.3. The summed E-state index contributed by atoms with van der Waals surface area (Å²) in [5.74, 6) is -0.363. The number of nitrogens with one attached hydrogen (secondary N) is 1. The van der Waals surface area contributed by atoms with Gasteiger partial charge in [-0.3, -0.25) is 4.79 Å². The molecule has 2 rings (SSSR count). The molecule has 0 radical (unpaired) electrons. The predicted molar refractivity (Wildman–Crippen MR) is 99.6 cm³/mol. The molecule has 1 aromatic rings. The number of rotatable bonds is 3. The topological polar surface area (TPSA) is 56.1 Å². The smallest absolute Gasteiger partial charge is 0.261 e. The normalized spacial score (nSPS) is 16.1. The molecule has 0 bridgehead atoms. The van der Waals surface area contributed by atoms with Gasteiger partial charge in [0.05, 0.1) is 5.54 Å². The van der Waals surface area contributed by atoms with E-state index in [0.717, 1.165) is 23.2 Å². The number of aryl methyl sites for hydroxylation is 1. The first-order chi connectivity index (χ1) is 11.2. The number of carbonyl (C=O) groups excluding carboxylic acids is 1. The van der Waals surface area contributed by atoms with Crippen molar-refractivity contribution in [1.82, 2.24) is 5.32 Å². The second kappa shape index (κ2) is 6.52. The molecule has 0 saturated heterocycles. The third-order valence-electron chi connectivity index (χ3n) is 4.57. The molecule has 0 aromatic heterocycles. The summed E-state index contributed by atoms with van der Waals surface area (Å²) in [4.78, 5) is 14.1. The summed E-state index contributed by atoms with van der Waals surface area (Å²) in [6.45, 7) is 11.6. The number of nitrogens with zero attached hydrogens (tertiary/aromatic N) is 2. The maximum absolute atomic E-state index is 11.8. The monoisotopic (exact) mass is 323 g/mol. The molecule has 24 heavy (non-hydrogen) atoms. The number of likely N-dealkylation sites (N-methyl/N-ethyl adjacent to an activating group) is 2. The van der Waals surface area contributed by atoms with Gasteiger partial charge in [-0.2, -0.15) is 5.26 Å². The van der Waals surface area contributed by atoms with Crippen LogP contribution in [-0.2, 0) is 4.79 Å². The van der Waals surface area contributed by atoms with Crippen LogP contribution in [0.1, 0.15) is 44.4 Å². The van der Waals surface area contributed by atoms with E-state index in [2.05, 4.69) is 56.1 Å². The highest BCUT2D eigenvalue weighted by Crippen LogP contribution is 2.40. The number of hydrogen-bond donors (Lipinski definition) is 1. The second-order valence-corrected chi connectivity index (χ2v) is 6.70. The van der Waals surface area contributed by atoms with Crippen LogP contribution in [0.5, 0.6) is 0 Å². The summed E-state index contributed by atoms with van der Waals surface area (Å²) in [6, 6.07) is 6.21. The van der Waals surface area contributed by atoms with E-state index in [0.29, 0.717) is 0 Å². The second-order valence-electron chi connectivity index (χ2n) is 6.70. The van der Waals surface area contributed by atoms with Gasteiger partial charge in [-0.1, -0.05) is 6.08 Å². The first kappa shape index (κ1) is 17.8. The molecule has 1 heterocycles. The molecule has 1 amide bonds. The molecule has 126 valence electrons. The van der Waals surface area contributed by atoms with Gasteiger partial charge in [0.2, 0.25) is 0 Å². The van der Waals surface area contributed by atoms with Crippen LogP contribution in [0, 0.1) is 18.3 Å². The van der Waals surface area contributed by atoms with Crippen LogP contribution in [0.2, 0.25) is 0 Å². The summed E-state index contributed by atoms with van der Waals surface area (Å²) in [6.07, 6.45) is 3.93. The number of anilines is 1. The van der Waals surface area contributed by atoms with E-state index in [4.69, 9.17) is 0 Å². The Bertz CT molecular complexity index is 779. The minimum absolute atomic E-state index is 0.0322. The number of hydrogen-bond acceptors (Lipinski definition) is 3. The Morgan fingerprint density at radius 1 is 1.38 bits per heavy atom. The number of fused-ring (bicyclic) bond motifs is 1. The largest absolute Gasteiger partial charge is 0.363 e. The zero-order chi connectivity index (χ0) is 18.1. The molecule has 1 aliphatic rings. The Kier molecular flexibility index (Phi) is 4.84. The van der Waals surface area contributed by atoms with Crippen LogP contribution in [0.3, 0.4) is 0 Å². The van der Waals surface area contributed by atoms with Crippen LogP contribution < -0.4 is 10.2 Å². The van der Waals surface area contributed by atoms with Crippen LogP contribution >= 0.6 is 0 Å². The van der Waals surface area contributed by atoms with E-state index in [1.165, 1.54) is 18.3 Å². The lowest BCUT2D eigenvalue weighted by molar-refractivity contribution is -0.116. The van der Waals surface area contributed by atoms with Gasteiger partial charge in [-0.25, -0.2) is 0 Å². The van der Waals surface area contributed by atoms with Crippen molar-refractivity contribution in [2.24, 2.45) is 0 Å². The lowest BCUT2D eigenvalue weighted by Gasteiger charge is -2.43. The molecular formula is C20H25N3O. The van der Waals surface area contributed by atoms with Crippen LogP contribution in [-0.4, -0.2) is 25.0 Å². The molecule has 1 aromatic carbocycles. The standard InChI is InChI=1S/C20H25N3O/c1-7-23-18-8-13(2)15(9-16(12-21)19(24)22-6)10-17(18)14(3)11-20(23,4)5/h8-11H,7H2,1-6H3,(H,22,24)/b16-9-. The Balaban J connectivity index is 2.63. The lowest BCUT2D eigenvalue weighted by Crippen LogP contribution is -2.44. The van der Waals surface area contributed by atoms with Crippen molar-refractivity contribution in [2.45, 2.75) is 40.2 Å². The average Bonchev–Trinajstić information content (AvgIpc) is 2.52. The third kappa shape index (κ3) is 3.07. The van der Waals surface area contributed by atoms with Crippen molar-refractivity contribution in [3.63, 3.8) is 0 Å². The Morgan fingerprint density at radius 2 is 2.04 bits per heavy atom. The summed E-state index contributed by atoms with van der Waals surface area (Å²) in [5, 5.41) is 11.7. The Morgan fingerprint density at radius 3 is 2.58 bits per heavy atom. The highest BCUT2D eigenvalue weighted by molar-refractivity contribution is 6.02. The van der Waals surface area contributed by atoms with Gasteiger partial charge >= 0.3 is 0 Å². The average molecular weight is 323 g/mol. The fraction of sp³-hybridized carbons (Fsp3) is 0.400. The van der Waals surface area contributed by atoms with Crippen LogP contribution in [0.25, 0.3) is 11.6 Å². The van der Waals surface area contributed by atoms with Gasteiger partial charge in [0.15, 0.2) is 0 Å². The van der Waals surface area contributed by atoms with Crippen molar-refractivity contribution in [2.75, 3.05) is 18.5 Å². The maximum Gasteiger partial charge on any atom is 0.261 e. The molecular weight excluding hydrogens is 298 g/mol. The molecule has 1 N–H and O–H groups in total. The first-order valence-corrected chi connectivity index (χ1v) is 8.21. The molecule has 4 heteroatoms. The molecule has 4 nitrogen and oxygen atoms in total. The van der Waals surface area contributed by atoms with Gasteiger partial charge in [-0.15, -0.1) is 0 Å².